The first kappa shape index (κ1) is 23.6. The molecule has 0 amide bonds. The summed E-state index contributed by atoms with van der Waals surface area (Å²) in [5.74, 6) is 0. The van der Waals surface area contributed by atoms with Crippen LogP contribution in [-0.4, -0.2) is 27.4 Å². The molecule has 0 aliphatic heterocycles. The Labute approximate surface area is 177 Å². The molecule has 0 saturated carbocycles. The zero-order valence-electron chi connectivity index (χ0n) is 19.4. The Kier molecular flexibility index (Phi) is 8.04. The van der Waals surface area contributed by atoms with Gasteiger partial charge in [-0.3, -0.25) is 0 Å². The largest absolute Gasteiger partial charge is 0.380 e. The molecule has 2 aromatic rings. The van der Waals surface area contributed by atoms with E-state index in [0.717, 1.165) is 0 Å². The van der Waals surface area contributed by atoms with E-state index in [4.69, 9.17) is 14.2 Å². The van der Waals surface area contributed by atoms with Crippen LogP contribution in [0.5, 0.6) is 0 Å². The predicted octanol–water partition coefficient (Wildman–Crippen LogP) is 6.37. The van der Waals surface area contributed by atoms with Crippen molar-refractivity contribution < 1.29 is 14.2 Å². The lowest BCUT2D eigenvalue weighted by molar-refractivity contribution is 0.0633. The summed E-state index contributed by atoms with van der Waals surface area (Å²) in [5.41, 5.74) is 4.84. The zero-order valence-corrected chi connectivity index (χ0v) is 19.4. The van der Waals surface area contributed by atoms with Crippen molar-refractivity contribution in [2.45, 2.75) is 64.6 Å². The van der Waals surface area contributed by atoms with Crippen LogP contribution in [0.3, 0.4) is 0 Å². The van der Waals surface area contributed by atoms with Crippen molar-refractivity contribution >= 4 is 0 Å². The minimum atomic E-state index is -0.0529. The third-order valence-corrected chi connectivity index (χ3v) is 5.96. The number of hydrogen-bond acceptors (Lipinski definition) is 3. The van der Waals surface area contributed by atoms with Crippen LogP contribution in [0.2, 0.25) is 0 Å². The van der Waals surface area contributed by atoms with Gasteiger partial charge in [0.15, 0.2) is 0 Å². The SMILES string of the molecule is COC(C)c1ccc(C(C)(C)COCC(C)(C)c2ccc(C(C)OC)cc2)cc1. The van der Waals surface area contributed by atoms with Gasteiger partial charge >= 0.3 is 0 Å². The van der Waals surface area contributed by atoms with E-state index >= 15 is 0 Å². The topological polar surface area (TPSA) is 27.7 Å². The monoisotopic (exact) mass is 398 g/mol. The van der Waals surface area contributed by atoms with Crippen molar-refractivity contribution in [3.63, 3.8) is 0 Å². The Morgan fingerprint density at radius 3 is 1.21 bits per heavy atom. The molecule has 0 fully saturated rings. The molecule has 29 heavy (non-hydrogen) atoms. The summed E-state index contributed by atoms with van der Waals surface area (Å²) in [5, 5.41) is 0. The van der Waals surface area contributed by atoms with Gasteiger partial charge in [0.25, 0.3) is 0 Å². The smallest absolute Gasteiger partial charge is 0.0793 e. The van der Waals surface area contributed by atoms with E-state index in [0.29, 0.717) is 13.2 Å². The standard InChI is InChI=1S/C26H38O3/c1-19(27-7)21-9-13-23(14-10-21)25(3,4)17-29-18-26(5,6)24-15-11-22(12-16-24)20(2)28-8/h9-16,19-20H,17-18H2,1-8H3. The quantitative estimate of drug-likeness (QED) is 0.465. The molecule has 3 heteroatoms. The maximum Gasteiger partial charge on any atom is 0.0793 e. The van der Waals surface area contributed by atoms with E-state index in [1.807, 2.05) is 0 Å². The van der Waals surface area contributed by atoms with Crippen LogP contribution in [-0.2, 0) is 25.0 Å². The van der Waals surface area contributed by atoms with Crippen LogP contribution in [0.25, 0.3) is 0 Å². The first-order valence-electron chi connectivity index (χ1n) is 10.4. The lowest BCUT2D eigenvalue weighted by Crippen LogP contribution is -2.30. The number of methoxy groups -OCH3 is 2. The van der Waals surface area contributed by atoms with Gasteiger partial charge in [-0.2, -0.15) is 0 Å². The van der Waals surface area contributed by atoms with Gasteiger partial charge < -0.3 is 14.2 Å². The summed E-state index contributed by atoms with van der Waals surface area (Å²) in [6.45, 7) is 14.4. The van der Waals surface area contributed by atoms with Crippen molar-refractivity contribution in [1.82, 2.24) is 0 Å². The Bertz CT molecular complexity index is 679. The highest BCUT2D eigenvalue weighted by Gasteiger charge is 2.25. The third-order valence-electron chi connectivity index (χ3n) is 5.96. The van der Waals surface area contributed by atoms with E-state index in [1.54, 1.807) is 14.2 Å². The predicted molar refractivity (Wildman–Crippen MR) is 121 cm³/mol. The fourth-order valence-electron chi connectivity index (χ4n) is 3.41. The lowest BCUT2D eigenvalue weighted by atomic mass is 9.83. The first-order valence-corrected chi connectivity index (χ1v) is 10.4. The molecular formula is C26H38O3. The van der Waals surface area contributed by atoms with Crippen LogP contribution < -0.4 is 0 Å². The molecule has 2 rings (SSSR count). The molecule has 0 bridgehead atoms. The Hall–Kier alpha value is -1.68. The molecule has 0 heterocycles. The highest BCUT2D eigenvalue weighted by atomic mass is 16.5. The zero-order chi connectivity index (χ0) is 21.7. The summed E-state index contributed by atoms with van der Waals surface area (Å²) in [7, 11) is 3.48. The summed E-state index contributed by atoms with van der Waals surface area (Å²) in [6, 6.07) is 17.4. The van der Waals surface area contributed by atoms with Gasteiger partial charge in [0.05, 0.1) is 25.4 Å². The molecule has 2 aromatic carbocycles. The fraction of sp³-hybridized carbons (Fsp3) is 0.538. The molecule has 0 aromatic heterocycles. The van der Waals surface area contributed by atoms with E-state index in [2.05, 4.69) is 90.1 Å². The van der Waals surface area contributed by atoms with Gasteiger partial charge in [0.1, 0.15) is 0 Å². The molecule has 2 atom stereocenters. The fourth-order valence-corrected chi connectivity index (χ4v) is 3.41. The molecule has 0 radical (unpaired) electrons. The number of hydrogen-bond donors (Lipinski definition) is 0. The van der Waals surface area contributed by atoms with Gasteiger partial charge in [-0.15, -0.1) is 0 Å². The molecule has 3 nitrogen and oxygen atoms in total. The van der Waals surface area contributed by atoms with E-state index in [9.17, 15) is 0 Å². The minimum Gasteiger partial charge on any atom is -0.380 e. The third kappa shape index (κ3) is 6.15. The molecule has 0 saturated heterocycles. The highest BCUT2D eigenvalue weighted by Crippen LogP contribution is 2.29. The summed E-state index contributed by atoms with van der Waals surface area (Å²) >= 11 is 0. The maximum atomic E-state index is 6.22. The second kappa shape index (κ2) is 9.88. The molecule has 0 N–H and O–H groups in total. The number of rotatable bonds is 10. The Morgan fingerprint density at radius 1 is 0.621 bits per heavy atom. The van der Waals surface area contributed by atoms with E-state index in [-0.39, 0.29) is 23.0 Å². The Balaban J connectivity index is 1.97. The van der Waals surface area contributed by atoms with Gasteiger partial charge in [0, 0.05) is 25.0 Å². The van der Waals surface area contributed by atoms with Crippen LogP contribution in [0.1, 0.15) is 76.0 Å². The summed E-state index contributed by atoms with van der Waals surface area (Å²) in [4.78, 5) is 0. The number of ether oxygens (including phenoxy) is 3. The Morgan fingerprint density at radius 2 is 0.931 bits per heavy atom. The van der Waals surface area contributed by atoms with Gasteiger partial charge in [0.2, 0.25) is 0 Å². The normalized spacial score (nSPS) is 14.6. The van der Waals surface area contributed by atoms with Crippen molar-refractivity contribution in [1.29, 1.82) is 0 Å². The second-order valence-corrected chi connectivity index (χ2v) is 9.26. The van der Waals surface area contributed by atoms with Crippen LogP contribution in [0, 0.1) is 0 Å². The van der Waals surface area contributed by atoms with Crippen LogP contribution >= 0.6 is 0 Å². The van der Waals surface area contributed by atoms with Crippen molar-refractivity contribution in [2.24, 2.45) is 0 Å². The van der Waals surface area contributed by atoms with E-state index in [1.165, 1.54) is 22.3 Å². The van der Waals surface area contributed by atoms with Crippen molar-refractivity contribution in [3.8, 4) is 0 Å². The molecular weight excluding hydrogens is 360 g/mol. The van der Waals surface area contributed by atoms with Gasteiger partial charge in [-0.05, 0) is 36.1 Å². The average Bonchev–Trinajstić information content (AvgIpc) is 2.72. The molecule has 0 aliphatic carbocycles. The minimum absolute atomic E-state index is 0.0529. The van der Waals surface area contributed by atoms with E-state index < -0.39 is 0 Å². The average molecular weight is 399 g/mol. The van der Waals surface area contributed by atoms with Crippen molar-refractivity contribution in [3.05, 3.63) is 70.8 Å². The van der Waals surface area contributed by atoms with Gasteiger partial charge in [-0.1, -0.05) is 76.2 Å². The van der Waals surface area contributed by atoms with Gasteiger partial charge in [-0.25, -0.2) is 0 Å². The molecule has 2 unspecified atom stereocenters. The molecule has 0 aliphatic rings. The number of benzene rings is 2. The summed E-state index contributed by atoms with van der Waals surface area (Å²) in [6.07, 6.45) is 0.227. The van der Waals surface area contributed by atoms with Crippen LogP contribution in [0.15, 0.2) is 48.5 Å². The van der Waals surface area contributed by atoms with Crippen LogP contribution in [0.4, 0.5) is 0 Å². The highest BCUT2D eigenvalue weighted by molar-refractivity contribution is 5.30. The first-order chi connectivity index (χ1) is 13.6. The molecule has 0 spiro atoms. The summed E-state index contributed by atoms with van der Waals surface area (Å²) < 4.78 is 17.0. The van der Waals surface area contributed by atoms with Crippen molar-refractivity contribution in [2.75, 3.05) is 27.4 Å². The lowest BCUT2D eigenvalue weighted by Gasteiger charge is -2.30. The maximum absolute atomic E-state index is 6.22. The second-order valence-electron chi connectivity index (χ2n) is 9.26. The molecule has 160 valence electrons.